The first-order valence-electron chi connectivity index (χ1n) is 6.30. The van der Waals surface area contributed by atoms with Gasteiger partial charge in [0, 0.05) is 12.1 Å². The summed E-state index contributed by atoms with van der Waals surface area (Å²) < 4.78 is 65.9. The fourth-order valence-corrected chi connectivity index (χ4v) is 1.83. The molecule has 2 atom stereocenters. The minimum absolute atomic E-state index is 0.209. The van der Waals surface area contributed by atoms with Crippen LogP contribution in [0.4, 0.5) is 22.0 Å². The van der Waals surface area contributed by atoms with Gasteiger partial charge in [0.15, 0.2) is 0 Å². The number of hydrogen-bond donors (Lipinski definition) is 2. The maximum absolute atomic E-state index is 13.5. The summed E-state index contributed by atoms with van der Waals surface area (Å²) in [5, 5.41) is 11.5. The predicted octanol–water partition coefficient (Wildman–Crippen LogP) is 3.48. The van der Waals surface area contributed by atoms with Crippen molar-refractivity contribution in [1.82, 2.24) is 5.32 Å². The molecule has 0 aromatic heterocycles. The molecule has 118 valence electrons. The number of aliphatic hydroxyl groups excluding tert-OH is 1. The van der Waals surface area contributed by atoms with Gasteiger partial charge in [-0.25, -0.2) is 8.78 Å². The quantitative estimate of drug-likeness (QED) is 0.597. The predicted molar refractivity (Wildman–Crippen MR) is 68.6 cm³/mol. The SMILES string of the molecule is C=CCCC(O)CNC(c1c(F)cccc1F)C(F)(F)F. The van der Waals surface area contributed by atoms with E-state index in [1.165, 1.54) is 6.08 Å². The van der Waals surface area contributed by atoms with Crippen molar-refractivity contribution in [3.05, 3.63) is 48.1 Å². The lowest BCUT2D eigenvalue weighted by molar-refractivity contribution is -0.160. The van der Waals surface area contributed by atoms with Crippen LogP contribution < -0.4 is 5.32 Å². The minimum atomic E-state index is -4.89. The van der Waals surface area contributed by atoms with Crippen LogP contribution in [0.1, 0.15) is 24.4 Å². The van der Waals surface area contributed by atoms with Crippen molar-refractivity contribution in [3.8, 4) is 0 Å². The number of alkyl halides is 3. The van der Waals surface area contributed by atoms with Gasteiger partial charge in [-0.05, 0) is 25.0 Å². The van der Waals surface area contributed by atoms with Crippen molar-refractivity contribution in [2.24, 2.45) is 0 Å². The average molecular weight is 309 g/mol. The van der Waals surface area contributed by atoms with Gasteiger partial charge in [0.2, 0.25) is 0 Å². The highest BCUT2D eigenvalue weighted by Crippen LogP contribution is 2.35. The van der Waals surface area contributed by atoms with Gasteiger partial charge >= 0.3 is 6.18 Å². The molecule has 1 aromatic rings. The Balaban J connectivity index is 2.90. The Morgan fingerprint density at radius 3 is 2.29 bits per heavy atom. The Labute approximate surface area is 119 Å². The third kappa shape index (κ3) is 5.09. The van der Waals surface area contributed by atoms with Gasteiger partial charge in [0.25, 0.3) is 0 Å². The average Bonchev–Trinajstić information content (AvgIpc) is 2.38. The molecule has 2 unspecified atom stereocenters. The minimum Gasteiger partial charge on any atom is -0.392 e. The summed E-state index contributed by atoms with van der Waals surface area (Å²) in [7, 11) is 0. The summed E-state index contributed by atoms with van der Waals surface area (Å²) in [6, 6.07) is -0.0161. The molecule has 0 saturated heterocycles. The topological polar surface area (TPSA) is 32.3 Å². The fraction of sp³-hybridized carbons (Fsp3) is 0.429. The molecule has 0 saturated carbocycles. The van der Waals surface area contributed by atoms with Crippen LogP contribution in [0.2, 0.25) is 0 Å². The molecule has 2 N–H and O–H groups in total. The van der Waals surface area contributed by atoms with Gasteiger partial charge in [-0.2, -0.15) is 13.2 Å². The zero-order chi connectivity index (χ0) is 16.0. The largest absolute Gasteiger partial charge is 0.408 e. The molecule has 21 heavy (non-hydrogen) atoms. The molecule has 2 nitrogen and oxygen atoms in total. The van der Waals surface area contributed by atoms with Crippen molar-refractivity contribution < 1.29 is 27.1 Å². The fourth-order valence-electron chi connectivity index (χ4n) is 1.83. The van der Waals surface area contributed by atoms with E-state index in [0.717, 1.165) is 18.2 Å². The van der Waals surface area contributed by atoms with E-state index in [-0.39, 0.29) is 6.42 Å². The number of benzene rings is 1. The van der Waals surface area contributed by atoms with Gasteiger partial charge in [-0.1, -0.05) is 12.1 Å². The number of halogens is 5. The lowest BCUT2D eigenvalue weighted by Crippen LogP contribution is -2.39. The van der Waals surface area contributed by atoms with E-state index in [1.807, 2.05) is 5.32 Å². The van der Waals surface area contributed by atoms with Crippen LogP contribution in [0.15, 0.2) is 30.9 Å². The molecule has 0 heterocycles. The van der Waals surface area contributed by atoms with Crippen LogP contribution >= 0.6 is 0 Å². The van der Waals surface area contributed by atoms with E-state index in [0.29, 0.717) is 6.42 Å². The third-order valence-corrected chi connectivity index (χ3v) is 2.88. The molecule has 0 fully saturated rings. The zero-order valence-electron chi connectivity index (χ0n) is 11.1. The van der Waals surface area contributed by atoms with Crippen molar-refractivity contribution in [2.75, 3.05) is 6.54 Å². The summed E-state index contributed by atoms with van der Waals surface area (Å²) in [5.41, 5.74) is -1.10. The van der Waals surface area contributed by atoms with Crippen LogP contribution in [-0.4, -0.2) is 23.9 Å². The Morgan fingerprint density at radius 2 is 1.81 bits per heavy atom. The van der Waals surface area contributed by atoms with Crippen molar-refractivity contribution in [1.29, 1.82) is 0 Å². The Hall–Kier alpha value is -1.47. The van der Waals surface area contributed by atoms with Crippen molar-refractivity contribution >= 4 is 0 Å². The molecular weight excluding hydrogens is 293 g/mol. The van der Waals surface area contributed by atoms with Crippen molar-refractivity contribution in [2.45, 2.75) is 31.2 Å². The maximum atomic E-state index is 13.5. The lowest BCUT2D eigenvalue weighted by Gasteiger charge is -2.24. The van der Waals surface area contributed by atoms with Crippen LogP contribution in [0.5, 0.6) is 0 Å². The van der Waals surface area contributed by atoms with E-state index >= 15 is 0 Å². The van der Waals surface area contributed by atoms with E-state index in [2.05, 4.69) is 6.58 Å². The Morgan fingerprint density at radius 1 is 1.24 bits per heavy atom. The van der Waals surface area contributed by atoms with E-state index in [9.17, 15) is 27.1 Å². The molecule has 0 amide bonds. The van der Waals surface area contributed by atoms with Crippen molar-refractivity contribution in [3.63, 3.8) is 0 Å². The molecule has 0 spiro atoms. The molecule has 0 aliphatic carbocycles. The monoisotopic (exact) mass is 309 g/mol. The number of rotatable bonds is 7. The van der Waals surface area contributed by atoms with E-state index in [4.69, 9.17) is 0 Å². The third-order valence-electron chi connectivity index (χ3n) is 2.88. The van der Waals surface area contributed by atoms with Gasteiger partial charge in [0.05, 0.1) is 6.10 Å². The Kier molecular flexibility index (Phi) is 6.29. The van der Waals surface area contributed by atoms with Crippen LogP contribution in [0, 0.1) is 11.6 Å². The zero-order valence-corrected chi connectivity index (χ0v) is 11.1. The van der Waals surface area contributed by atoms with Crippen LogP contribution in [0.3, 0.4) is 0 Å². The number of hydrogen-bond acceptors (Lipinski definition) is 2. The first-order valence-corrected chi connectivity index (χ1v) is 6.30. The van der Waals surface area contributed by atoms with Gasteiger partial charge in [-0.3, -0.25) is 5.32 Å². The number of aliphatic hydroxyl groups is 1. The highest BCUT2D eigenvalue weighted by molar-refractivity contribution is 5.24. The highest BCUT2D eigenvalue weighted by atomic mass is 19.4. The molecule has 1 rings (SSSR count). The summed E-state index contributed by atoms with van der Waals surface area (Å²) in [6.07, 6.45) is -3.81. The van der Waals surface area contributed by atoms with Gasteiger partial charge < -0.3 is 5.11 Å². The van der Waals surface area contributed by atoms with E-state index in [1.54, 1.807) is 0 Å². The summed E-state index contributed by atoms with van der Waals surface area (Å²) in [4.78, 5) is 0. The molecular formula is C14H16F5NO. The van der Waals surface area contributed by atoms with Gasteiger partial charge in [-0.15, -0.1) is 6.58 Å². The highest BCUT2D eigenvalue weighted by Gasteiger charge is 2.43. The second-order valence-electron chi connectivity index (χ2n) is 4.54. The first-order chi connectivity index (χ1) is 9.77. The smallest absolute Gasteiger partial charge is 0.392 e. The number of allylic oxidation sites excluding steroid dienone is 1. The first kappa shape index (κ1) is 17.6. The normalized spacial score (nSPS) is 14.8. The molecule has 0 aliphatic rings. The Bertz CT molecular complexity index is 455. The summed E-state index contributed by atoms with van der Waals surface area (Å²) >= 11 is 0. The van der Waals surface area contributed by atoms with E-state index < -0.39 is 42.1 Å². The standard InChI is InChI=1S/C14H16F5NO/c1-2-3-5-9(21)8-20-13(14(17,18)19)12-10(15)6-4-7-11(12)16/h2,4,6-7,9,13,20-21H,1,3,5,8H2. The van der Waals surface area contributed by atoms with Crippen LogP contribution in [-0.2, 0) is 0 Å². The lowest BCUT2D eigenvalue weighted by atomic mass is 10.0. The molecule has 0 bridgehead atoms. The maximum Gasteiger partial charge on any atom is 0.408 e. The number of nitrogens with one attached hydrogen (secondary N) is 1. The molecule has 0 aliphatic heterocycles. The molecule has 0 radical (unpaired) electrons. The van der Waals surface area contributed by atoms with Gasteiger partial charge in [0.1, 0.15) is 17.7 Å². The molecule has 7 heteroatoms. The summed E-state index contributed by atoms with van der Waals surface area (Å²) in [5.74, 6) is -2.57. The second kappa shape index (κ2) is 7.51. The molecule has 1 aromatic carbocycles. The summed E-state index contributed by atoms with van der Waals surface area (Å²) in [6.45, 7) is 2.99. The van der Waals surface area contributed by atoms with Crippen LogP contribution in [0.25, 0.3) is 0 Å². The second-order valence-corrected chi connectivity index (χ2v) is 4.54.